The third-order valence-corrected chi connectivity index (χ3v) is 3.14. The normalized spacial score (nSPS) is 10.0. The fourth-order valence-corrected chi connectivity index (χ4v) is 1.75. The summed E-state index contributed by atoms with van der Waals surface area (Å²) in [6.45, 7) is 0. The van der Waals surface area contributed by atoms with Crippen molar-refractivity contribution in [2.45, 2.75) is 0 Å². The predicted molar refractivity (Wildman–Crippen MR) is 64.5 cm³/mol. The van der Waals surface area contributed by atoms with E-state index in [1.165, 1.54) is 6.07 Å². The first kappa shape index (κ1) is 12.0. The zero-order valence-corrected chi connectivity index (χ0v) is 10.5. The van der Waals surface area contributed by atoms with Crippen LogP contribution in [0.3, 0.4) is 0 Å². The van der Waals surface area contributed by atoms with E-state index in [4.69, 9.17) is 28.9 Å². The maximum Gasteiger partial charge on any atom is 0.168 e. The van der Waals surface area contributed by atoms with E-state index in [9.17, 15) is 4.39 Å². The van der Waals surface area contributed by atoms with Gasteiger partial charge >= 0.3 is 0 Å². The van der Waals surface area contributed by atoms with Crippen LogP contribution >= 0.6 is 51.3 Å². The quantitative estimate of drug-likeness (QED) is 0.472. The standard InChI is InChI=1S/C7H4BrCl2FN2S/c8-4-3(13-7(12)14)1-2(9)6(11)5(4)10/h1H,(H3,12,13,14). The molecule has 0 unspecified atom stereocenters. The van der Waals surface area contributed by atoms with Crippen molar-refractivity contribution in [3.63, 3.8) is 0 Å². The molecule has 0 aliphatic carbocycles. The third kappa shape index (κ3) is 2.48. The van der Waals surface area contributed by atoms with Gasteiger partial charge in [0.1, 0.15) is 0 Å². The number of halogens is 4. The second kappa shape index (κ2) is 4.61. The fraction of sp³-hybridized carbons (Fsp3) is 0. The van der Waals surface area contributed by atoms with Crippen LogP contribution in [0.25, 0.3) is 0 Å². The summed E-state index contributed by atoms with van der Waals surface area (Å²) in [6, 6.07) is 1.34. The van der Waals surface area contributed by atoms with Gasteiger partial charge in [-0.1, -0.05) is 23.2 Å². The van der Waals surface area contributed by atoms with Crippen molar-refractivity contribution >= 4 is 62.1 Å². The van der Waals surface area contributed by atoms with E-state index in [-0.39, 0.29) is 15.2 Å². The van der Waals surface area contributed by atoms with Crippen LogP contribution in [0.2, 0.25) is 10.0 Å². The van der Waals surface area contributed by atoms with E-state index in [0.717, 1.165) is 0 Å². The average Bonchev–Trinajstić information content (AvgIpc) is 2.10. The van der Waals surface area contributed by atoms with Gasteiger partial charge in [-0.3, -0.25) is 0 Å². The van der Waals surface area contributed by atoms with Crippen molar-refractivity contribution in [3.05, 3.63) is 26.4 Å². The molecule has 0 fully saturated rings. The van der Waals surface area contributed by atoms with Crippen molar-refractivity contribution < 1.29 is 4.39 Å². The number of hydrogen-bond donors (Lipinski definition) is 2. The monoisotopic (exact) mass is 316 g/mol. The van der Waals surface area contributed by atoms with E-state index < -0.39 is 5.82 Å². The van der Waals surface area contributed by atoms with Gasteiger partial charge in [0, 0.05) is 0 Å². The Hall–Kier alpha value is -0.100. The lowest BCUT2D eigenvalue weighted by Gasteiger charge is -2.09. The largest absolute Gasteiger partial charge is 0.376 e. The van der Waals surface area contributed by atoms with E-state index in [2.05, 4.69) is 33.5 Å². The van der Waals surface area contributed by atoms with Gasteiger partial charge in [-0.15, -0.1) is 0 Å². The van der Waals surface area contributed by atoms with Gasteiger partial charge in [0.2, 0.25) is 0 Å². The molecule has 0 heterocycles. The van der Waals surface area contributed by atoms with Crippen LogP contribution in [0.4, 0.5) is 10.1 Å². The molecular formula is C7H4BrCl2FN2S. The molecule has 0 saturated carbocycles. The molecule has 0 aromatic heterocycles. The highest BCUT2D eigenvalue weighted by molar-refractivity contribution is 9.10. The van der Waals surface area contributed by atoms with Gasteiger partial charge in [0.25, 0.3) is 0 Å². The maximum atomic E-state index is 13.1. The topological polar surface area (TPSA) is 38.0 Å². The van der Waals surface area contributed by atoms with Crippen LogP contribution in [0.15, 0.2) is 10.5 Å². The molecule has 1 aromatic carbocycles. The predicted octanol–water partition coefficient (Wildman–Crippen LogP) is 3.55. The van der Waals surface area contributed by atoms with Crippen molar-refractivity contribution in [1.29, 1.82) is 0 Å². The van der Waals surface area contributed by atoms with E-state index in [1.54, 1.807) is 0 Å². The Morgan fingerprint density at radius 3 is 2.64 bits per heavy atom. The molecule has 1 rings (SSSR count). The molecule has 0 radical (unpaired) electrons. The summed E-state index contributed by atoms with van der Waals surface area (Å²) in [5.41, 5.74) is 5.68. The van der Waals surface area contributed by atoms with E-state index in [0.29, 0.717) is 10.2 Å². The number of rotatable bonds is 1. The highest BCUT2D eigenvalue weighted by Gasteiger charge is 2.14. The first-order chi connectivity index (χ1) is 6.43. The Morgan fingerprint density at radius 1 is 1.57 bits per heavy atom. The smallest absolute Gasteiger partial charge is 0.168 e. The van der Waals surface area contributed by atoms with Gasteiger partial charge in [-0.25, -0.2) is 4.39 Å². The Morgan fingerprint density at radius 2 is 2.14 bits per heavy atom. The van der Waals surface area contributed by atoms with Gasteiger partial charge in [0.05, 0.1) is 20.2 Å². The Bertz CT molecular complexity index is 400. The van der Waals surface area contributed by atoms with Crippen molar-refractivity contribution in [3.8, 4) is 0 Å². The lowest BCUT2D eigenvalue weighted by molar-refractivity contribution is 0.628. The second-order valence-corrected chi connectivity index (χ2v) is 4.36. The lowest BCUT2D eigenvalue weighted by Crippen LogP contribution is -2.19. The highest BCUT2D eigenvalue weighted by atomic mass is 79.9. The molecule has 2 nitrogen and oxygen atoms in total. The summed E-state index contributed by atoms with van der Waals surface area (Å²) >= 11 is 18.9. The molecule has 0 amide bonds. The number of nitrogens with two attached hydrogens (primary N) is 1. The second-order valence-electron chi connectivity index (χ2n) is 2.34. The van der Waals surface area contributed by atoms with E-state index >= 15 is 0 Å². The molecule has 0 atom stereocenters. The molecule has 14 heavy (non-hydrogen) atoms. The van der Waals surface area contributed by atoms with Crippen LogP contribution in [0.5, 0.6) is 0 Å². The number of nitrogens with one attached hydrogen (secondary N) is 1. The van der Waals surface area contributed by atoms with E-state index in [1.807, 2.05) is 0 Å². The molecule has 1 aromatic rings. The lowest BCUT2D eigenvalue weighted by atomic mass is 10.3. The highest BCUT2D eigenvalue weighted by Crippen LogP contribution is 2.36. The minimum atomic E-state index is -0.686. The van der Waals surface area contributed by atoms with Gasteiger partial charge < -0.3 is 11.1 Å². The molecule has 0 bridgehead atoms. The molecule has 76 valence electrons. The first-order valence-electron chi connectivity index (χ1n) is 3.33. The zero-order valence-electron chi connectivity index (χ0n) is 6.57. The number of thiocarbonyl (C=S) groups is 1. The van der Waals surface area contributed by atoms with Crippen LogP contribution in [0, 0.1) is 5.82 Å². The number of benzene rings is 1. The SMILES string of the molecule is NC(=S)Nc1cc(Cl)c(F)c(Cl)c1Br. The van der Waals surface area contributed by atoms with Gasteiger partial charge in [-0.05, 0) is 34.2 Å². The van der Waals surface area contributed by atoms with Crippen LogP contribution < -0.4 is 11.1 Å². The van der Waals surface area contributed by atoms with Gasteiger partial charge in [0.15, 0.2) is 10.9 Å². The average molecular weight is 318 g/mol. The fourth-order valence-electron chi connectivity index (χ4n) is 0.797. The molecule has 0 aliphatic heterocycles. The zero-order chi connectivity index (χ0) is 10.9. The Balaban J connectivity index is 3.25. The van der Waals surface area contributed by atoms with Gasteiger partial charge in [-0.2, -0.15) is 0 Å². The number of hydrogen-bond acceptors (Lipinski definition) is 1. The molecule has 0 spiro atoms. The minimum Gasteiger partial charge on any atom is -0.376 e. The molecule has 7 heteroatoms. The van der Waals surface area contributed by atoms with Crippen molar-refractivity contribution in [1.82, 2.24) is 0 Å². The summed E-state index contributed by atoms with van der Waals surface area (Å²) in [4.78, 5) is 0. The van der Waals surface area contributed by atoms with Crippen LogP contribution in [-0.2, 0) is 0 Å². The summed E-state index contributed by atoms with van der Waals surface area (Å²) in [5, 5.41) is 2.44. The van der Waals surface area contributed by atoms with Crippen molar-refractivity contribution in [2.24, 2.45) is 5.73 Å². The molecular weight excluding hydrogens is 314 g/mol. The Kier molecular flexibility index (Phi) is 3.94. The first-order valence-corrected chi connectivity index (χ1v) is 5.28. The maximum absolute atomic E-state index is 13.1. The third-order valence-electron chi connectivity index (χ3n) is 1.36. The molecule has 3 N–H and O–H groups in total. The summed E-state index contributed by atoms with van der Waals surface area (Å²) < 4.78 is 13.5. The molecule has 0 aliphatic rings. The summed E-state index contributed by atoms with van der Waals surface area (Å²) in [7, 11) is 0. The van der Waals surface area contributed by atoms with Crippen LogP contribution in [-0.4, -0.2) is 5.11 Å². The summed E-state index contributed by atoms with van der Waals surface area (Å²) in [6.07, 6.45) is 0. The minimum absolute atomic E-state index is 0.0458. The van der Waals surface area contributed by atoms with Crippen molar-refractivity contribution in [2.75, 3.05) is 5.32 Å². The van der Waals surface area contributed by atoms with Crippen LogP contribution in [0.1, 0.15) is 0 Å². The Labute approximate surface area is 104 Å². The number of anilines is 1. The molecule has 0 saturated heterocycles. The summed E-state index contributed by atoms with van der Waals surface area (Å²) in [5.74, 6) is -0.686.